The maximum atomic E-state index is 10.7. The number of nitrogens with zero attached hydrogens (tertiary/aromatic N) is 2. The number of morpholine rings is 1. The van der Waals surface area contributed by atoms with E-state index < -0.39 is 5.60 Å². The number of hydrogen-bond donors (Lipinski definition) is 3. The molecule has 0 radical (unpaired) electrons. The first-order valence-corrected chi connectivity index (χ1v) is 10.1. The monoisotopic (exact) mass is 482 g/mol. The Morgan fingerprint density at radius 3 is 2.58 bits per heavy atom. The molecule has 1 saturated carbocycles. The summed E-state index contributed by atoms with van der Waals surface area (Å²) in [6, 6.07) is 0. The van der Waals surface area contributed by atoms with Crippen molar-refractivity contribution < 1.29 is 9.84 Å². The summed E-state index contributed by atoms with van der Waals surface area (Å²) in [7, 11) is 0. The van der Waals surface area contributed by atoms with Gasteiger partial charge in [-0.1, -0.05) is 25.7 Å². The Kier molecular flexibility index (Phi) is 12.1. The summed E-state index contributed by atoms with van der Waals surface area (Å²) in [6.07, 6.45) is 8.18. The number of rotatable bonds is 9. The molecule has 1 unspecified atom stereocenters. The van der Waals surface area contributed by atoms with Crippen LogP contribution in [-0.2, 0) is 4.74 Å². The number of β-amino-alcohol motifs (C(OH)–C–C–N with tert-alkyl or cyclic N) is 1. The standard InChI is InChI=1S/C19H38N4O2.HI/c1-3-20-18(21-10-6-9-17-7-4-5-8-17)22-15-19(2,24)16-23-11-13-25-14-12-23;/h17,24H,3-16H2,1-2H3,(H2,20,21,22);1H. The molecule has 1 aliphatic carbocycles. The molecule has 1 atom stereocenters. The van der Waals surface area contributed by atoms with Crippen LogP contribution in [0.15, 0.2) is 4.99 Å². The van der Waals surface area contributed by atoms with Crippen molar-refractivity contribution >= 4 is 29.9 Å². The summed E-state index contributed by atoms with van der Waals surface area (Å²) in [5.74, 6) is 1.76. The van der Waals surface area contributed by atoms with Crippen LogP contribution >= 0.6 is 24.0 Å². The van der Waals surface area contributed by atoms with Crippen LogP contribution in [0.4, 0.5) is 0 Å². The highest BCUT2D eigenvalue weighted by Crippen LogP contribution is 2.28. The molecule has 0 aromatic heterocycles. The molecule has 7 heteroatoms. The predicted molar refractivity (Wildman–Crippen MR) is 118 cm³/mol. The summed E-state index contributed by atoms with van der Waals surface area (Å²) in [4.78, 5) is 6.86. The predicted octanol–water partition coefficient (Wildman–Crippen LogP) is 2.21. The first-order chi connectivity index (χ1) is 12.1. The SMILES string of the molecule is CCNC(=NCC(C)(O)CN1CCOCC1)NCCCC1CCCC1.I. The fraction of sp³-hybridized carbons (Fsp3) is 0.947. The van der Waals surface area contributed by atoms with Gasteiger partial charge in [0, 0.05) is 32.7 Å². The maximum Gasteiger partial charge on any atom is 0.191 e. The van der Waals surface area contributed by atoms with E-state index in [-0.39, 0.29) is 24.0 Å². The summed E-state index contributed by atoms with van der Waals surface area (Å²) in [6.45, 7) is 10.1. The maximum absolute atomic E-state index is 10.7. The van der Waals surface area contributed by atoms with Crippen molar-refractivity contribution in [3.63, 3.8) is 0 Å². The highest BCUT2D eigenvalue weighted by atomic mass is 127. The van der Waals surface area contributed by atoms with Gasteiger partial charge in [0.2, 0.25) is 0 Å². The summed E-state index contributed by atoms with van der Waals surface area (Å²) in [5, 5.41) is 17.4. The van der Waals surface area contributed by atoms with Crippen LogP contribution in [-0.4, -0.2) is 74.0 Å². The van der Waals surface area contributed by atoms with Crippen LogP contribution in [0.25, 0.3) is 0 Å². The Balaban J connectivity index is 0.00000338. The normalized spacial score (nSPS) is 21.9. The van der Waals surface area contributed by atoms with Crippen molar-refractivity contribution in [3.05, 3.63) is 0 Å². The first kappa shape index (κ1) is 23.9. The highest BCUT2D eigenvalue weighted by molar-refractivity contribution is 14.0. The Morgan fingerprint density at radius 2 is 1.92 bits per heavy atom. The van der Waals surface area contributed by atoms with E-state index in [1.807, 2.05) is 6.92 Å². The number of aliphatic hydroxyl groups is 1. The molecular formula is C19H39IN4O2. The van der Waals surface area contributed by atoms with E-state index in [0.717, 1.165) is 51.3 Å². The molecule has 0 amide bonds. The molecule has 3 N–H and O–H groups in total. The lowest BCUT2D eigenvalue weighted by Crippen LogP contribution is -2.48. The van der Waals surface area contributed by atoms with Gasteiger partial charge in [0.05, 0.1) is 25.4 Å². The van der Waals surface area contributed by atoms with Crippen molar-refractivity contribution in [1.82, 2.24) is 15.5 Å². The van der Waals surface area contributed by atoms with Crippen LogP contribution in [0.3, 0.4) is 0 Å². The van der Waals surface area contributed by atoms with Gasteiger partial charge in [0.25, 0.3) is 0 Å². The van der Waals surface area contributed by atoms with Gasteiger partial charge in [0.1, 0.15) is 0 Å². The third kappa shape index (κ3) is 9.71. The van der Waals surface area contributed by atoms with Gasteiger partial charge < -0.3 is 20.5 Å². The minimum atomic E-state index is -0.816. The van der Waals surface area contributed by atoms with Gasteiger partial charge in [-0.15, -0.1) is 24.0 Å². The molecule has 0 aromatic rings. The number of halogens is 1. The van der Waals surface area contributed by atoms with E-state index >= 15 is 0 Å². The molecule has 2 rings (SSSR count). The third-order valence-electron chi connectivity index (χ3n) is 5.15. The van der Waals surface area contributed by atoms with Crippen LogP contribution in [0.1, 0.15) is 52.4 Å². The molecule has 1 aliphatic heterocycles. The Hall–Kier alpha value is -0.120. The molecular weight excluding hydrogens is 443 g/mol. The Labute approximate surface area is 176 Å². The summed E-state index contributed by atoms with van der Waals surface area (Å²) in [5.41, 5.74) is -0.816. The van der Waals surface area contributed by atoms with Crippen LogP contribution in [0, 0.1) is 5.92 Å². The second kappa shape index (κ2) is 13.1. The lowest BCUT2D eigenvalue weighted by atomic mass is 10.0. The lowest BCUT2D eigenvalue weighted by Gasteiger charge is -2.33. The number of ether oxygens (including phenoxy) is 1. The van der Waals surface area contributed by atoms with E-state index in [4.69, 9.17) is 4.74 Å². The quantitative estimate of drug-likeness (QED) is 0.204. The second-order valence-corrected chi connectivity index (χ2v) is 7.80. The van der Waals surface area contributed by atoms with Crippen molar-refractivity contribution in [2.75, 3.05) is 52.5 Å². The zero-order valence-corrected chi connectivity index (χ0v) is 19.0. The van der Waals surface area contributed by atoms with Gasteiger partial charge in [0.15, 0.2) is 5.96 Å². The zero-order chi connectivity index (χ0) is 18.0. The minimum absolute atomic E-state index is 0. The molecule has 26 heavy (non-hydrogen) atoms. The smallest absolute Gasteiger partial charge is 0.191 e. The molecule has 0 bridgehead atoms. The van der Waals surface area contributed by atoms with Crippen molar-refractivity contribution in [1.29, 1.82) is 0 Å². The Bertz CT molecular complexity index is 395. The highest BCUT2D eigenvalue weighted by Gasteiger charge is 2.25. The third-order valence-corrected chi connectivity index (χ3v) is 5.15. The molecule has 2 fully saturated rings. The van der Waals surface area contributed by atoms with Crippen LogP contribution in [0.2, 0.25) is 0 Å². The molecule has 1 saturated heterocycles. The van der Waals surface area contributed by atoms with Gasteiger partial charge >= 0.3 is 0 Å². The second-order valence-electron chi connectivity index (χ2n) is 7.80. The van der Waals surface area contributed by atoms with Crippen molar-refractivity contribution in [3.8, 4) is 0 Å². The molecule has 0 aromatic carbocycles. The zero-order valence-electron chi connectivity index (χ0n) is 16.6. The van der Waals surface area contributed by atoms with Gasteiger partial charge in [-0.05, 0) is 32.6 Å². The van der Waals surface area contributed by atoms with E-state index in [0.29, 0.717) is 13.1 Å². The van der Waals surface area contributed by atoms with Gasteiger partial charge in [-0.25, -0.2) is 0 Å². The molecule has 2 aliphatic rings. The fourth-order valence-electron chi connectivity index (χ4n) is 3.78. The summed E-state index contributed by atoms with van der Waals surface area (Å²) < 4.78 is 5.37. The molecule has 154 valence electrons. The number of aliphatic imine (C=N–C) groups is 1. The van der Waals surface area contributed by atoms with Crippen molar-refractivity contribution in [2.45, 2.75) is 58.0 Å². The fourth-order valence-corrected chi connectivity index (χ4v) is 3.78. The van der Waals surface area contributed by atoms with E-state index in [2.05, 4.69) is 27.4 Å². The van der Waals surface area contributed by atoms with Crippen LogP contribution < -0.4 is 10.6 Å². The Morgan fingerprint density at radius 1 is 1.23 bits per heavy atom. The summed E-state index contributed by atoms with van der Waals surface area (Å²) >= 11 is 0. The average molecular weight is 482 g/mol. The first-order valence-electron chi connectivity index (χ1n) is 10.1. The van der Waals surface area contributed by atoms with Gasteiger partial charge in [-0.3, -0.25) is 9.89 Å². The minimum Gasteiger partial charge on any atom is -0.387 e. The number of hydrogen-bond acceptors (Lipinski definition) is 4. The van der Waals surface area contributed by atoms with Crippen molar-refractivity contribution in [2.24, 2.45) is 10.9 Å². The topological polar surface area (TPSA) is 69.1 Å². The van der Waals surface area contributed by atoms with E-state index in [1.54, 1.807) is 0 Å². The van der Waals surface area contributed by atoms with E-state index in [9.17, 15) is 5.11 Å². The average Bonchev–Trinajstić information content (AvgIpc) is 3.10. The molecule has 0 spiro atoms. The van der Waals surface area contributed by atoms with Crippen LogP contribution in [0.5, 0.6) is 0 Å². The molecule has 6 nitrogen and oxygen atoms in total. The largest absolute Gasteiger partial charge is 0.387 e. The lowest BCUT2D eigenvalue weighted by molar-refractivity contribution is -0.0179. The molecule has 1 heterocycles. The number of nitrogens with one attached hydrogen (secondary N) is 2. The van der Waals surface area contributed by atoms with Gasteiger partial charge in [-0.2, -0.15) is 0 Å². The van der Waals surface area contributed by atoms with E-state index in [1.165, 1.54) is 38.5 Å². The number of guanidine groups is 1.